The summed E-state index contributed by atoms with van der Waals surface area (Å²) in [4.78, 5) is 39.0. The molecule has 10 nitrogen and oxygen atoms in total. The van der Waals surface area contributed by atoms with E-state index in [4.69, 9.17) is 30.2 Å². The number of amides is 1. The Labute approximate surface area is 188 Å². The van der Waals surface area contributed by atoms with Gasteiger partial charge >= 0.3 is 5.97 Å². The number of amidine groups is 1. The van der Waals surface area contributed by atoms with E-state index >= 15 is 0 Å². The average Bonchev–Trinajstić information content (AvgIpc) is 3.29. The maximum Gasteiger partial charge on any atom is 0.400 e. The summed E-state index contributed by atoms with van der Waals surface area (Å²) in [6.07, 6.45) is 0. The maximum absolute atomic E-state index is 12.2. The number of hydrogen-bond acceptors (Lipinski definition) is 8. The molecule has 0 aliphatic heterocycles. The van der Waals surface area contributed by atoms with Crippen LogP contribution in [0.1, 0.15) is 39.2 Å². The largest absolute Gasteiger partial charge is 0.486 e. The van der Waals surface area contributed by atoms with Gasteiger partial charge in [0.25, 0.3) is 5.91 Å². The standard InChI is InChI=1S/C23H21N3O7/c1-14(27)15-2-6-17(7-3-15)30-12-19-10-11-20(32-19)23(29)33-26-22(25)16-4-8-18(9-5-16)31-13-21(24)28/h2-11H,12-13H2,1H3,(H2,24,28)(H2,25,26). The molecule has 10 heteroatoms. The molecule has 0 aliphatic carbocycles. The summed E-state index contributed by atoms with van der Waals surface area (Å²) in [5, 5.41) is 3.61. The number of furan rings is 1. The Balaban J connectivity index is 1.52. The number of rotatable bonds is 10. The summed E-state index contributed by atoms with van der Waals surface area (Å²) in [5.41, 5.74) is 11.9. The first-order valence-corrected chi connectivity index (χ1v) is 9.70. The second-order valence-electron chi connectivity index (χ2n) is 6.77. The zero-order valence-electron chi connectivity index (χ0n) is 17.6. The van der Waals surface area contributed by atoms with Crippen molar-refractivity contribution in [1.82, 2.24) is 0 Å². The molecule has 0 saturated carbocycles. The molecule has 1 heterocycles. The van der Waals surface area contributed by atoms with Gasteiger partial charge in [0, 0.05) is 11.1 Å². The highest BCUT2D eigenvalue weighted by atomic mass is 16.7. The summed E-state index contributed by atoms with van der Waals surface area (Å²) in [7, 11) is 0. The van der Waals surface area contributed by atoms with Gasteiger partial charge in [-0.15, -0.1) is 0 Å². The Morgan fingerprint density at radius 1 is 0.848 bits per heavy atom. The molecule has 0 unspecified atom stereocenters. The fourth-order valence-electron chi connectivity index (χ4n) is 2.57. The highest BCUT2D eigenvalue weighted by molar-refractivity contribution is 5.98. The van der Waals surface area contributed by atoms with E-state index < -0.39 is 11.9 Å². The highest BCUT2D eigenvalue weighted by Crippen LogP contribution is 2.17. The van der Waals surface area contributed by atoms with Crippen LogP contribution in [0.5, 0.6) is 11.5 Å². The molecule has 0 atom stereocenters. The number of hydrogen-bond donors (Lipinski definition) is 2. The van der Waals surface area contributed by atoms with E-state index in [1.165, 1.54) is 13.0 Å². The van der Waals surface area contributed by atoms with Gasteiger partial charge < -0.3 is 30.2 Å². The van der Waals surface area contributed by atoms with Gasteiger partial charge in [0.05, 0.1) is 0 Å². The van der Waals surface area contributed by atoms with Crippen molar-refractivity contribution in [1.29, 1.82) is 0 Å². The number of oxime groups is 1. The first-order valence-electron chi connectivity index (χ1n) is 9.70. The van der Waals surface area contributed by atoms with Gasteiger partial charge in [-0.3, -0.25) is 9.59 Å². The van der Waals surface area contributed by atoms with Crippen molar-refractivity contribution in [2.45, 2.75) is 13.5 Å². The summed E-state index contributed by atoms with van der Waals surface area (Å²) >= 11 is 0. The third-order valence-corrected chi connectivity index (χ3v) is 4.26. The van der Waals surface area contributed by atoms with Gasteiger partial charge in [-0.25, -0.2) is 4.79 Å². The average molecular weight is 451 g/mol. The predicted octanol–water partition coefficient (Wildman–Crippen LogP) is 2.40. The number of nitrogens with zero attached hydrogens (tertiary/aromatic N) is 1. The number of nitrogens with two attached hydrogens (primary N) is 2. The lowest BCUT2D eigenvalue weighted by atomic mass is 10.1. The van der Waals surface area contributed by atoms with Crippen LogP contribution in [0.2, 0.25) is 0 Å². The fraction of sp³-hybridized carbons (Fsp3) is 0.130. The minimum absolute atomic E-state index is 0.0368. The van der Waals surface area contributed by atoms with E-state index in [0.717, 1.165) is 0 Å². The molecule has 170 valence electrons. The normalized spacial score (nSPS) is 11.0. The molecule has 1 amide bonds. The molecular formula is C23H21N3O7. The van der Waals surface area contributed by atoms with Crippen molar-refractivity contribution in [3.05, 3.63) is 83.3 Å². The summed E-state index contributed by atoms with van der Waals surface area (Å²) in [5.74, 6) is -0.238. The lowest BCUT2D eigenvalue weighted by Gasteiger charge is -2.05. The molecule has 33 heavy (non-hydrogen) atoms. The Kier molecular flexibility index (Phi) is 7.43. The number of carbonyl (C=O) groups excluding carboxylic acids is 3. The zero-order chi connectivity index (χ0) is 23.8. The van der Waals surface area contributed by atoms with E-state index in [1.807, 2.05) is 0 Å². The summed E-state index contributed by atoms with van der Waals surface area (Å²) < 4.78 is 16.1. The monoisotopic (exact) mass is 451 g/mol. The van der Waals surface area contributed by atoms with Crippen molar-refractivity contribution >= 4 is 23.5 Å². The van der Waals surface area contributed by atoms with Gasteiger partial charge in [0.15, 0.2) is 18.2 Å². The number of carbonyl (C=O) groups is 3. The quantitative estimate of drug-likeness (QED) is 0.156. The van der Waals surface area contributed by atoms with Crippen LogP contribution in [-0.4, -0.2) is 30.1 Å². The smallest absolute Gasteiger partial charge is 0.400 e. The lowest BCUT2D eigenvalue weighted by molar-refractivity contribution is -0.119. The molecule has 0 radical (unpaired) electrons. The number of ether oxygens (including phenoxy) is 2. The first-order chi connectivity index (χ1) is 15.8. The minimum atomic E-state index is -0.837. The van der Waals surface area contributed by atoms with Crippen molar-refractivity contribution < 1.29 is 33.1 Å². The van der Waals surface area contributed by atoms with E-state index in [2.05, 4.69) is 5.16 Å². The third-order valence-electron chi connectivity index (χ3n) is 4.26. The van der Waals surface area contributed by atoms with Crippen LogP contribution in [-0.2, 0) is 16.2 Å². The third kappa shape index (κ3) is 6.69. The van der Waals surface area contributed by atoms with Crippen molar-refractivity contribution in [2.24, 2.45) is 16.6 Å². The van der Waals surface area contributed by atoms with Crippen LogP contribution in [0, 0.1) is 0 Å². The summed E-state index contributed by atoms with van der Waals surface area (Å²) in [6, 6.07) is 15.9. The number of ketones is 1. The molecule has 0 saturated heterocycles. The SMILES string of the molecule is CC(=O)c1ccc(OCc2ccc(C(=O)O/N=C(\N)c3ccc(OCC(N)=O)cc3)o2)cc1. The van der Waals surface area contributed by atoms with Crippen molar-refractivity contribution in [3.63, 3.8) is 0 Å². The topological polar surface area (TPSA) is 156 Å². The van der Waals surface area contributed by atoms with Gasteiger partial charge in [0.1, 0.15) is 23.9 Å². The molecule has 4 N–H and O–H groups in total. The Morgan fingerprint density at radius 3 is 2.06 bits per heavy atom. The predicted molar refractivity (Wildman–Crippen MR) is 117 cm³/mol. The molecule has 3 rings (SSSR count). The molecule has 0 aliphatic rings. The van der Waals surface area contributed by atoms with E-state index in [9.17, 15) is 14.4 Å². The van der Waals surface area contributed by atoms with Gasteiger partial charge in [-0.2, -0.15) is 0 Å². The van der Waals surface area contributed by atoms with E-state index in [-0.39, 0.29) is 30.6 Å². The Bertz CT molecular complexity index is 1170. The second kappa shape index (κ2) is 10.6. The number of primary amides is 1. The molecule has 2 aromatic carbocycles. The first kappa shape index (κ1) is 23.1. The van der Waals surface area contributed by atoms with Crippen LogP contribution in [0.25, 0.3) is 0 Å². The maximum atomic E-state index is 12.2. The number of benzene rings is 2. The van der Waals surface area contributed by atoms with Gasteiger partial charge in [-0.05, 0) is 67.6 Å². The molecule has 0 bridgehead atoms. The van der Waals surface area contributed by atoms with Crippen molar-refractivity contribution in [2.75, 3.05) is 6.61 Å². The van der Waals surface area contributed by atoms with Gasteiger partial charge in [-0.1, -0.05) is 5.16 Å². The van der Waals surface area contributed by atoms with Crippen molar-refractivity contribution in [3.8, 4) is 11.5 Å². The molecular weight excluding hydrogens is 430 g/mol. The number of Topliss-reactive ketones (excluding diaryl/α,β-unsaturated/α-hetero) is 1. The lowest BCUT2D eigenvalue weighted by Crippen LogP contribution is -2.20. The van der Waals surface area contributed by atoms with Crippen LogP contribution in [0.3, 0.4) is 0 Å². The molecule has 1 aromatic heterocycles. The van der Waals surface area contributed by atoms with Crippen LogP contribution in [0.15, 0.2) is 70.2 Å². The fourth-order valence-corrected chi connectivity index (χ4v) is 2.57. The molecule has 0 spiro atoms. The second-order valence-corrected chi connectivity index (χ2v) is 6.77. The summed E-state index contributed by atoms with van der Waals surface area (Å²) in [6.45, 7) is 1.31. The van der Waals surface area contributed by atoms with E-state index in [0.29, 0.717) is 28.4 Å². The van der Waals surface area contributed by atoms with Crippen LogP contribution in [0.4, 0.5) is 0 Å². The van der Waals surface area contributed by atoms with Crippen LogP contribution < -0.4 is 20.9 Å². The Hall–Kier alpha value is -4.60. The zero-order valence-corrected chi connectivity index (χ0v) is 17.6. The minimum Gasteiger partial charge on any atom is -0.486 e. The van der Waals surface area contributed by atoms with Crippen LogP contribution >= 0.6 is 0 Å². The van der Waals surface area contributed by atoms with E-state index in [1.54, 1.807) is 54.6 Å². The molecule has 3 aromatic rings. The molecule has 0 fully saturated rings. The highest BCUT2D eigenvalue weighted by Gasteiger charge is 2.14. The van der Waals surface area contributed by atoms with Gasteiger partial charge in [0.2, 0.25) is 5.76 Å². The Morgan fingerprint density at radius 2 is 1.45 bits per heavy atom.